The fourth-order valence-electron chi connectivity index (χ4n) is 2.31. The third kappa shape index (κ3) is 1.21. The number of nitrogens with two attached hydrogens (primary N) is 1. The monoisotopic (exact) mass is 217 g/mol. The first kappa shape index (κ1) is 9.33. The van der Waals surface area contributed by atoms with Gasteiger partial charge in [-0.15, -0.1) is 0 Å². The Balaban J connectivity index is 2.29. The van der Waals surface area contributed by atoms with Crippen molar-refractivity contribution in [1.29, 1.82) is 0 Å². The van der Waals surface area contributed by atoms with Gasteiger partial charge in [0, 0.05) is 11.3 Å². The largest absolute Gasteiger partial charge is 0.398 e. The number of fused-ring (bicyclic) bond motifs is 3. The zero-order valence-corrected chi connectivity index (χ0v) is 8.43. The summed E-state index contributed by atoms with van der Waals surface area (Å²) >= 11 is 0. The molecule has 0 radical (unpaired) electrons. The summed E-state index contributed by atoms with van der Waals surface area (Å²) in [6.07, 6.45) is 0.546. The van der Waals surface area contributed by atoms with Gasteiger partial charge in [-0.25, -0.2) is 8.78 Å². The Labute approximate surface area is 91.5 Å². The SMILES string of the molecule is Nc1cc(F)cc2c1-c1ccc(F)cc1C2. The third-order valence-electron chi connectivity index (χ3n) is 2.93. The van der Waals surface area contributed by atoms with Crippen molar-refractivity contribution in [2.75, 3.05) is 5.73 Å². The number of nitrogen functional groups attached to an aromatic ring is 1. The molecule has 0 saturated carbocycles. The highest BCUT2D eigenvalue weighted by Gasteiger charge is 2.21. The molecule has 0 bridgehead atoms. The lowest BCUT2D eigenvalue weighted by Crippen LogP contribution is -1.92. The third-order valence-corrected chi connectivity index (χ3v) is 2.93. The van der Waals surface area contributed by atoms with Crippen molar-refractivity contribution in [2.24, 2.45) is 0 Å². The average molecular weight is 217 g/mol. The molecule has 2 N–H and O–H groups in total. The molecular weight excluding hydrogens is 208 g/mol. The van der Waals surface area contributed by atoms with Crippen LogP contribution in [0.15, 0.2) is 30.3 Å². The van der Waals surface area contributed by atoms with E-state index in [0.29, 0.717) is 12.1 Å². The number of benzene rings is 2. The van der Waals surface area contributed by atoms with Crippen LogP contribution in [0, 0.1) is 11.6 Å². The molecule has 0 unspecified atom stereocenters. The first-order chi connectivity index (χ1) is 7.65. The molecule has 2 aromatic carbocycles. The molecule has 0 amide bonds. The van der Waals surface area contributed by atoms with Crippen LogP contribution in [0.25, 0.3) is 11.1 Å². The van der Waals surface area contributed by atoms with Crippen molar-refractivity contribution in [1.82, 2.24) is 0 Å². The molecule has 1 nitrogen and oxygen atoms in total. The maximum Gasteiger partial charge on any atom is 0.125 e. The van der Waals surface area contributed by atoms with Gasteiger partial charge in [0.25, 0.3) is 0 Å². The Bertz CT molecular complexity index is 591. The topological polar surface area (TPSA) is 26.0 Å². The second-order valence-electron chi connectivity index (χ2n) is 4.01. The smallest absolute Gasteiger partial charge is 0.125 e. The van der Waals surface area contributed by atoms with Gasteiger partial charge in [-0.2, -0.15) is 0 Å². The highest BCUT2D eigenvalue weighted by atomic mass is 19.1. The molecule has 0 spiro atoms. The molecule has 3 rings (SSSR count). The normalized spacial score (nSPS) is 12.4. The Hall–Kier alpha value is -1.90. The molecular formula is C13H9F2N. The maximum atomic E-state index is 13.2. The summed E-state index contributed by atoms with van der Waals surface area (Å²) in [6, 6.07) is 7.34. The first-order valence-electron chi connectivity index (χ1n) is 5.02. The van der Waals surface area contributed by atoms with Crippen molar-refractivity contribution in [3.63, 3.8) is 0 Å². The van der Waals surface area contributed by atoms with Gasteiger partial charge in [-0.1, -0.05) is 6.07 Å². The van der Waals surface area contributed by atoms with Crippen LogP contribution in [0.5, 0.6) is 0 Å². The Kier molecular flexibility index (Phi) is 1.78. The molecule has 80 valence electrons. The van der Waals surface area contributed by atoms with Crippen LogP contribution in [-0.2, 0) is 6.42 Å². The van der Waals surface area contributed by atoms with E-state index in [0.717, 1.165) is 22.3 Å². The van der Waals surface area contributed by atoms with Gasteiger partial charge in [-0.05, 0) is 47.4 Å². The predicted octanol–water partition coefficient (Wildman–Crippen LogP) is 3.12. The lowest BCUT2D eigenvalue weighted by atomic mass is 10.0. The van der Waals surface area contributed by atoms with Crippen molar-refractivity contribution in [2.45, 2.75) is 6.42 Å². The van der Waals surface area contributed by atoms with Gasteiger partial charge in [-0.3, -0.25) is 0 Å². The quantitative estimate of drug-likeness (QED) is 0.575. The zero-order chi connectivity index (χ0) is 11.3. The van der Waals surface area contributed by atoms with Gasteiger partial charge >= 0.3 is 0 Å². The highest BCUT2D eigenvalue weighted by Crippen LogP contribution is 2.40. The van der Waals surface area contributed by atoms with Gasteiger partial charge in [0.2, 0.25) is 0 Å². The summed E-state index contributed by atoms with van der Waals surface area (Å²) in [6.45, 7) is 0. The summed E-state index contributed by atoms with van der Waals surface area (Å²) in [5.74, 6) is -0.616. The van der Waals surface area contributed by atoms with Gasteiger partial charge in [0.15, 0.2) is 0 Å². The van der Waals surface area contributed by atoms with E-state index in [4.69, 9.17) is 5.73 Å². The van der Waals surface area contributed by atoms with Crippen LogP contribution in [0.2, 0.25) is 0 Å². The molecule has 0 fully saturated rings. The summed E-state index contributed by atoms with van der Waals surface area (Å²) < 4.78 is 26.2. The van der Waals surface area contributed by atoms with Gasteiger partial charge < -0.3 is 5.73 Å². The molecule has 1 aliphatic carbocycles. The van der Waals surface area contributed by atoms with E-state index in [9.17, 15) is 8.78 Å². The van der Waals surface area contributed by atoms with E-state index in [1.165, 1.54) is 24.3 Å². The zero-order valence-electron chi connectivity index (χ0n) is 8.43. The molecule has 2 aromatic rings. The fourth-order valence-corrected chi connectivity index (χ4v) is 2.31. The van der Waals surface area contributed by atoms with Crippen LogP contribution in [0.4, 0.5) is 14.5 Å². The van der Waals surface area contributed by atoms with Gasteiger partial charge in [0.1, 0.15) is 11.6 Å². The number of anilines is 1. The summed E-state index contributed by atoms with van der Waals surface area (Å²) in [5.41, 5.74) is 9.66. The average Bonchev–Trinajstić information content (AvgIpc) is 2.54. The number of rotatable bonds is 0. The molecule has 16 heavy (non-hydrogen) atoms. The van der Waals surface area contributed by atoms with E-state index >= 15 is 0 Å². The van der Waals surface area contributed by atoms with Crippen LogP contribution in [-0.4, -0.2) is 0 Å². The summed E-state index contributed by atoms with van der Waals surface area (Å²) in [5, 5.41) is 0. The Morgan fingerprint density at radius 2 is 1.69 bits per heavy atom. The highest BCUT2D eigenvalue weighted by molar-refractivity contribution is 5.85. The van der Waals surface area contributed by atoms with E-state index in [1.807, 2.05) is 0 Å². The van der Waals surface area contributed by atoms with Crippen molar-refractivity contribution in [3.05, 3.63) is 53.1 Å². The molecule has 0 atom stereocenters. The molecule has 0 aliphatic heterocycles. The maximum absolute atomic E-state index is 13.2. The predicted molar refractivity (Wildman–Crippen MR) is 59.0 cm³/mol. The van der Waals surface area contributed by atoms with Crippen molar-refractivity contribution in [3.8, 4) is 11.1 Å². The van der Waals surface area contributed by atoms with Crippen LogP contribution < -0.4 is 5.73 Å². The van der Waals surface area contributed by atoms with E-state index in [-0.39, 0.29) is 11.6 Å². The lowest BCUT2D eigenvalue weighted by molar-refractivity contribution is 0.626. The van der Waals surface area contributed by atoms with Gasteiger partial charge in [0.05, 0.1) is 0 Å². The molecule has 0 heterocycles. The molecule has 3 heteroatoms. The summed E-state index contributed by atoms with van der Waals surface area (Å²) in [7, 11) is 0. The van der Waals surface area contributed by atoms with E-state index < -0.39 is 0 Å². The minimum atomic E-state index is -0.343. The second-order valence-corrected chi connectivity index (χ2v) is 4.01. The number of hydrogen-bond donors (Lipinski definition) is 1. The van der Waals surface area contributed by atoms with E-state index in [2.05, 4.69) is 0 Å². The lowest BCUT2D eigenvalue weighted by Gasteiger charge is -2.05. The van der Waals surface area contributed by atoms with Crippen LogP contribution in [0.1, 0.15) is 11.1 Å². The number of hydrogen-bond acceptors (Lipinski definition) is 1. The summed E-state index contributed by atoms with van der Waals surface area (Å²) in [4.78, 5) is 0. The Morgan fingerprint density at radius 1 is 0.938 bits per heavy atom. The first-order valence-corrected chi connectivity index (χ1v) is 5.02. The van der Waals surface area contributed by atoms with E-state index in [1.54, 1.807) is 6.07 Å². The molecule has 1 aliphatic rings. The van der Waals surface area contributed by atoms with Crippen molar-refractivity contribution >= 4 is 5.69 Å². The minimum Gasteiger partial charge on any atom is -0.398 e. The Morgan fingerprint density at radius 3 is 2.50 bits per heavy atom. The molecule has 0 aromatic heterocycles. The standard InChI is InChI=1S/C13H9F2N/c14-9-1-2-11-7(4-9)3-8-5-10(15)6-12(16)13(8)11/h1-2,4-6H,3,16H2. The van der Waals surface area contributed by atoms with Crippen molar-refractivity contribution < 1.29 is 8.78 Å². The number of halogens is 2. The minimum absolute atomic E-state index is 0.273. The molecule has 0 saturated heterocycles. The fraction of sp³-hybridized carbons (Fsp3) is 0.0769. The van der Waals surface area contributed by atoms with Crippen LogP contribution >= 0.6 is 0 Å². The second kappa shape index (κ2) is 3.04. The van der Waals surface area contributed by atoms with Crippen LogP contribution in [0.3, 0.4) is 0 Å².